The number of rotatable bonds is 11. The second-order valence-corrected chi connectivity index (χ2v) is 5.06. The lowest BCUT2D eigenvalue weighted by Crippen LogP contribution is -2.44. The van der Waals surface area contributed by atoms with Gasteiger partial charge in [-0.25, -0.2) is 0 Å². The van der Waals surface area contributed by atoms with Crippen molar-refractivity contribution in [2.45, 2.75) is 65.5 Å². The molecule has 0 aliphatic rings. The molecule has 0 aromatic rings. The fraction of sp³-hybridized carbons (Fsp3) is 1.00. The van der Waals surface area contributed by atoms with Crippen LogP contribution in [0.4, 0.5) is 0 Å². The first kappa shape index (κ1) is 16.9. The van der Waals surface area contributed by atoms with Crippen molar-refractivity contribution in [3.8, 4) is 0 Å². The Bertz CT molecular complexity index is 156. The molecule has 104 valence electrons. The molecule has 1 atom stereocenters. The fourth-order valence-corrected chi connectivity index (χ4v) is 2.11. The summed E-state index contributed by atoms with van der Waals surface area (Å²) in [5, 5.41) is 12.5. The van der Waals surface area contributed by atoms with Crippen molar-refractivity contribution in [1.29, 1.82) is 0 Å². The third-order valence-electron chi connectivity index (χ3n) is 3.20. The molecule has 3 heteroatoms. The monoisotopic (exact) mass is 244 g/mol. The van der Waals surface area contributed by atoms with Crippen molar-refractivity contribution in [1.82, 2.24) is 10.2 Å². The van der Waals surface area contributed by atoms with Crippen LogP contribution >= 0.6 is 0 Å². The van der Waals surface area contributed by atoms with Crippen LogP contribution in [0.2, 0.25) is 0 Å². The molecule has 1 unspecified atom stereocenters. The molecule has 0 aliphatic carbocycles. The van der Waals surface area contributed by atoms with E-state index in [2.05, 4.69) is 37.9 Å². The third-order valence-corrected chi connectivity index (χ3v) is 3.20. The lowest BCUT2D eigenvalue weighted by atomic mass is 10.1. The smallest absolute Gasteiger partial charge is 0.0446 e. The zero-order valence-corrected chi connectivity index (χ0v) is 12.2. The van der Waals surface area contributed by atoms with Gasteiger partial charge in [0.25, 0.3) is 0 Å². The molecule has 0 aliphatic heterocycles. The van der Waals surface area contributed by atoms with Crippen LogP contribution in [0.15, 0.2) is 0 Å². The summed E-state index contributed by atoms with van der Waals surface area (Å²) in [6.07, 6.45) is 4.73. The Labute approximate surface area is 108 Å². The van der Waals surface area contributed by atoms with Gasteiger partial charge in [-0.05, 0) is 39.8 Å². The van der Waals surface area contributed by atoms with E-state index in [0.29, 0.717) is 12.1 Å². The molecule has 3 nitrogen and oxygen atoms in total. The number of hydrogen-bond acceptors (Lipinski definition) is 3. The Morgan fingerprint density at radius 3 is 2.35 bits per heavy atom. The van der Waals surface area contributed by atoms with Crippen LogP contribution in [0.1, 0.15) is 53.4 Å². The average molecular weight is 244 g/mol. The van der Waals surface area contributed by atoms with Crippen LogP contribution in [-0.4, -0.2) is 48.3 Å². The summed E-state index contributed by atoms with van der Waals surface area (Å²) >= 11 is 0. The fourth-order valence-electron chi connectivity index (χ4n) is 2.11. The molecule has 17 heavy (non-hydrogen) atoms. The first-order chi connectivity index (χ1) is 8.15. The Hall–Kier alpha value is -0.120. The lowest BCUT2D eigenvalue weighted by molar-refractivity contribution is 0.175. The maximum atomic E-state index is 9.07. The number of nitrogens with zero attached hydrogens (tertiary/aromatic N) is 1. The number of aliphatic hydroxyl groups excluding tert-OH is 1. The average Bonchev–Trinajstić information content (AvgIpc) is 2.28. The van der Waals surface area contributed by atoms with E-state index >= 15 is 0 Å². The molecule has 0 saturated carbocycles. The van der Waals surface area contributed by atoms with Crippen LogP contribution in [0.25, 0.3) is 0 Å². The van der Waals surface area contributed by atoms with Gasteiger partial charge in [0.05, 0.1) is 0 Å². The van der Waals surface area contributed by atoms with E-state index in [0.717, 1.165) is 19.5 Å². The predicted molar refractivity (Wildman–Crippen MR) is 75.4 cm³/mol. The van der Waals surface area contributed by atoms with E-state index in [1.54, 1.807) is 0 Å². The highest BCUT2D eigenvalue weighted by Gasteiger charge is 2.15. The van der Waals surface area contributed by atoms with Gasteiger partial charge in [-0.1, -0.05) is 26.7 Å². The molecular weight excluding hydrogens is 212 g/mol. The number of nitrogens with one attached hydrogen (secondary N) is 1. The van der Waals surface area contributed by atoms with Gasteiger partial charge >= 0.3 is 0 Å². The van der Waals surface area contributed by atoms with Gasteiger partial charge in [0, 0.05) is 25.2 Å². The van der Waals surface area contributed by atoms with Gasteiger partial charge in [0.2, 0.25) is 0 Å². The van der Waals surface area contributed by atoms with E-state index in [9.17, 15) is 0 Å². The number of hydrogen-bond donors (Lipinski definition) is 2. The minimum absolute atomic E-state index is 0.276. The Morgan fingerprint density at radius 2 is 1.88 bits per heavy atom. The van der Waals surface area contributed by atoms with Crippen LogP contribution in [0.5, 0.6) is 0 Å². The normalized spacial score (nSPS) is 13.6. The van der Waals surface area contributed by atoms with Crippen molar-refractivity contribution in [3.63, 3.8) is 0 Å². The van der Waals surface area contributed by atoms with Gasteiger partial charge in [-0.3, -0.25) is 4.90 Å². The van der Waals surface area contributed by atoms with Crippen LogP contribution < -0.4 is 5.32 Å². The molecule has 0 aromatic heterocycles. The maximum absolute atomic E-state index is 9.07. The molecule has 0 bridgehead atoms. The van der Waals surface area contributed by atoms with Crippen LogP contribution in [0.3, 0.4) is 0 Å². The Morgan fingerprint density at radius 1 is 1.18 bits per heavy atom. The zero-order valence-electron chi connectivity index (χ0n) is 12.2. The van der Waals surface area contributed by atoms with Gasteiger partial charge in [-0.15, -0.1) is 0 Å². The molecule has 0 rings (SSSR count). The summed E-state index contributed by atoms with van der Waals surface area (Å²) in [4.78, 5) is 2.53. The molecule has 0 heterocycles. The van der Waals surface area contributed by atoms with E-state index in [1.165, 1.54) is 25.8 Å². The van der Waals surface area contributed by atoms with E-state index in [1.807, 2.05) is 0 Å². The van der Waals surface area contributed by atoms with Gasteiger partial charge in [0.15, 0.2) is 0 Å². The number of likely N-dealkylation sites (N-methyl/N-ethyl adjacent to an activating group) is 1. The summed E-state index contributed by atoms with van der Waals surface area (Å²) in [6.45, 7) is 12.4. The highest BCUT2D eigenvalue weighted by molar-refractivity contribution is 4.74. The van der Waals surface area contributed by atoms with E-state index in [-0.39, 0.29) is 6.61 Å². The largest absolute Gasteiger partial charge is 0.396 e. The molecule has 0 saturated heterocycles. The summed E-state index contributed by atoms with van der Waals surface area (Å²) in [7, 11) is 0. The second kappa shape index (κ2) is 11.0. The third kappa shape index (κ3) is 8.58. The first-order valence-corrected chi connectivity index (χ1v) is 7.23. The lowest BCUT2D eigenvalue weighted by Gasteiger charge is -2.31. The van der Waals surface area contributed by atoms with Gasteiger partial charge in [0.1, 0.15) is 0 Å². The van der Waals surface area contributed by atoms with E-state index in [4.69, 9.17) is 5.11 Å². The first-order valence-electron chi connectivity index (χ1n) is 7.23. The predicted octanol–water partition coefficient (Wildman–Crippen LogP) is 2.25. The van der Waals surface area contributed by atoms with Crippen molar-refractivity contribution in [2.24, 2.45) is 0 Å². The molecule has 0 spiro atoms. The van der Waals surface area contributed by atoms with E-state index < -0.39 is 0 Å². The van der Waals surface area contributed by atoms with Gasteiger partial charge in [-0.2, -0.15) is 0 Å². The van der Waals surface area contributed by atoms with Crippen LogP contribution in [-0.2, 0) is 0 Å². The Balaban J connectivity index is 4.08. The van der Waals surface area contributed by atoms with Crippen molar-refractivity contribution >= 4 is 0 Å². The number of aliphatic hydroxyl groups is 1. The van der Waals surface area contributed by atoms with Crippen LogP contribution in [0, 0.1) is 0 Å². The molecule has 0 aromatic carbocycles. The number of unbranched alkanes of at least 4 members (excludes halogenated alkanes) is 2. The van der Waals surface area contributed by atoms with Crippen molar-refractivity contribution in [3.05, 3.63) is 0 Å². The highest BCUT2D eigenvalue weighted by Crippen LogP contribution is 2.06. The summed E-state index contributed by atoms with van der Waals surface area (Å²) in [5.74, 6) is 0. The minimum Gasteiger partial charge on any atom is -0.396 e. The SMILES string of the molecule is CCCCCN(CC(CCO)NCC)C(C)C. The zero-order chi connectivity index (χ0) is 13.1. The summed E-state index contributed by atoms with van der Waals surface area (Å²) < 4.78 is 0. The summed E-state index contributed by atoms with van der Waals surface area (Å²) in [5.41, 5.74) is 0. The minimum atomic E-state index is 0.276. The quantitative estimate of drug-likeness (QED) is 0.547. The molecule has 0 fully saturated rings. The molecule has 2 N–H and O–H groups in total. The topological polar surface area (TPSA) is 35.5 Å². The maximum Gasteiger partial charge on any atom is 0.0446 e. The van der Waals surface area contributed by atoms with Gasteiger partial charge < -0.3 is 10.4 Å². The van der Waals surface area contributed by atoms with Crippen molar-refractivity contribution < 1.29 is 5.11 Å². The second-order valence-electron chi connectivity index (χ2n) is 5.06. The molecular formula is C14H32N2O. The van der Waals surface area contributed by atoms with Crippen molar-refractivity contribution in [2.75, 3.05) is 26.2 Å². The standard InChI is InChI=1S/C14H32N2O/c1-5-7-8-10-16(13(3)4)12-14(9-11-17)15-6-2/h13-15,17H,5-12H2,1-4H3. The molecule has 0 amide bonds. The Kier molecular flexibility index (Phi) is 10.9. The summed E-state index contributed by atoms with van der Waals surface area (Å²) in [6, 6.07) is 1.01. The highest BCUT2D eigenvalue weighted by atomic mass is 16.3. The molecule has 0 radical (unpaired) electrons.